The van der Waals surface area contributed by atoms with E-state index in [1.54, 1.807) is 6.92 Å². The highest BCUT2D eigenvalue weighted by molar-refractivity contribution is 5.88. The molecule has 0 saturated heterocycles. The smallest absolute Gasteiger partial charge is 0.331 e. The Morgan fingerprint density at radius 2 is 2.14 bits per heavy atom. The van der Waals surface area contributed by atoms with Crippen molar-refractivity contribution < 1.29 is 14.3 Å². The van der Waals surface area contributed by atoms with Gasteiger partial charge in [0.25, 0.3) is 0 Å². The van der Waals surface area contributed by atoms with Gasteiger partial charge in [-0.2, -0.15) is 0 Å². The van der Waals surface area contributed by atoms with E-state index in [0.717, 1.165) is 5.69 Å². The fraction of sp³-hybridized carbons (Fsp3) is 0.562. The minimum absolute atomic E-state index is 0.267. The summed E-state index contributed by atoms with van der Waals surface area (Å²) in [5, 5.41) is 0. The summed E-state index contributed by atoms with van der Waals surface area (Å²) in [6, 6.07) is 5.54. The number of nitrogens with two attached hydrogens (primary N) is 1. The topological polar surface area (TPSA) is 64.8 Å². The maximum absolute atomic E-state index is 12.4. The van der Waals surface area contributed by atoms with Crippen molar-refractivity contribution >= 4 is 17.3 Å². The number of carbonyl (C=O) groups excluding carboxylic acids is 1. The molecule has 1 aliphatic rings. The maximum atomic E-state index is 12.4. The number of esters is 1. The molecule has 5 heteroatoms. The van der Waals surface area contributed by atoms with Crippen molar-refractivity contribution in [2.24, 2.45) is 0 Å². The molecular weight excluding hydrogens is 268 g/mol. The van der Waals surface area contributed by atoms with Crippen LogP contribution in [0.25, 0.3) is 0 Å². The Hall–Kier alpha value is -1.91. The lowest BCUT2D eigenvalue weighted by Gasteiger charge is -2.47. The van der Waals surface area contributed by atoms with Gasteiger partial charge in [-0.05, 0) is 46.8 Å². The van der Waals surface area contributed by atoms with Crippen LogP contribution in [0.15, 0.2) is 18.2 Å². The predicted molar refractivity (Wildman–Crippen MR) is 83.6 cm³/mol. The van der Waals surface area contributed by atoms with Crippen LogP contribution in [-0.2, 0) is 9.53 Å². The molecule has 0 amide bonds. The van der Waals surface area contributed by atoms with E-state index in [0.29, 0.717) is 24.6 Å². The van der Waals surface area contributed by atoms with Crippen molar-refractivity contribution in [3.8, 4) is 5.75 Å². The van der Waals surface area contributed by atoms with E-state index in [-0.39, 0.29) is 5.97 Å². The van der Waals surface area contributed by atoms with Crippen LogP contribution < -0.4 is 15.4 Å². The minimum atomic E-state index is -0.818. The lowest BCUT2D eigenvalue weighted by Crippen LogP contribution is -2.59. The number of hydrogen-bond donors (Lipinski definition) is 1. The lowest BCUT2D eigenvalue weighted by atomic mass is 9.95. The third-order valence-corrected chi connectivity index (χ3v) is 3.68. The Morgan fingerprint density at radius 1 is 1.48 bits per heavy atom. The monoisotopic (exact) mass is 292 g/mol. The van der Waals surface area contributed by atoms with Gasteiger partial charge in [-0.1, -0.05) is 6.07 Å². The minimum Gasteiger partial charge on any atom is -0.484 e. The fourth-order valence-corrected chi connectivity index (χ4v) is 2.60. The molecule has 1 aromatic rings. The second-order valence-electron chi connectivity index (χ2n) is 6.42. The Morgan fingerprint density at radius 3 is 2.76 bits per heavy atom. The molecule has 0 aliphatic carbocycles. The molecule has 5 nitrogen and oxygen atoms in total. The van der Waals surface area contributed by atoms with Crippen LogP contribution in [0.2, 0.25) is 0 Å². The highest BCUT2D eigenvalue weighted by Gasteiger charge is 2.44. The molecule has 0 unspecified atom stereocenters. The molecule has 2 N–H and O–H groups in total. The van der Waals surface area contributed by atoms with Gasteiger partial charge in [0.05, 0.1) is 18.8 Å². The van der Waals surface area contributed by atoms with Gasteiger partial charge >= 0.3 is 5.97 Å². The van der Waals surface area contributed by atoms with Gasteiger partial charge < -0.3 is 20.1 Å². The summed E-state index contributed by atoms with van der Waals surface area (Å²) in [6.45, 7) is 10.4. The highest BCUT2D eigenvalue weighted by Crippen LogP contribution is 2.44. The van der Waals surface area contributed by atoms with Crippen LogP contribution in [0.5, 0.6) is 5.75 Å². The molecule has 0 fully saturated rings. The number of rotatable bonds is 3. The summed E-state index contributed by atoms with van der Waals surface area (Å²) in [5.74, 6) is 0.431. The second-order valence-corrected chi connectivity index (χ2v) is 6.42. The molecule has 0 radical (unpaired) electrons. The van der Waals surface area contributed by atoms with E-state index < -0.39 is 11.1 Å². The molecule has 116 valence electrons. The summed E-state index contributed by atoms with van der Waals surface area (Å²) in [5.41, 5.74) is 6.24. The van der Waals surface area contributed by atoms with Gasteiger partial charge in [-0.15, -0.1) is 0 Å². The van der Waals surface area contributed by atoms with Gasteiger partial charge in [0.1, 0.15) is 22.6 Å². The quantitative estimate of drug-likeness (QED) is 0.685. The predicted octanol–water partition coefficient (Wildman–Crippen LogP) is 2.59. The standard InChI is InChI=1S/C16H24N2O3/c1-6-20-14(19)16(4,5)18-10-15(2,3)21-12-9-7-8-11(17)13(12)18/h7-9H,6,10,17H2,1-5H3. The van der Waals surface area contributed by atoms with E-state index in [1.807, 2.05) is 50.8 Å². The number of ether oxygens (including phenoxy) is 2. The largest absolute Gasteiger partial charge is 0.484 e. The SMILES string of the molecule is CCOC(=O)C(C)(C)N1CC(C)(C)Oc2cccc(N)c21. The summed E-state index contributed by atoms with van der Waals surface area (Å²) in [7, 11) is 0. The number of fused-ring (bicyclic) bond motifs is 1. The normalized spacial score (nSPS) is 16.9. The molecule has 21 heavy (non-hydrogen) atoms. The molecule has 0 atom stereocenters. The first-order chi connectivity index (χ1) is 9.69. The van der Waals surface area contributed by atoms with Gasteiger partial charge in [0.2, 0.25) is 0 Å². The zero-order chi connectivity index (χ0) is 15.8. The van der Waals surface area contributed by atoms with E-state index in [1.165, 1.54) is 0 Å². The average Bonchev–Trinajstić information content (AvgIpc) is 2.36. The highest BCUT2D eigenvalue weighted by atomic mass is 16.5. The zero-order valence-electron chi connectivity index (χ0n) is 13.4. The summed E-state index contributed by atoms with van der Waals surface area (Å²) >= 11 is 0. The van der Waals surface area contributed by atoms with Crippen LogP contribution in [0, 0.1) is 0 Å². The van der Waals surface area contributed by atoms with Crippen LogP contribution >= 0.6 is 0 Å². The van der Waals surface area contributed by atoms with Crippen LogP contribution in [0.1, 0.15) is 34.6 Å². The first kappa shape index (κ1) is 15.5. The third kappa shape index (κ3) is 2.77. The van der Waals surface area contributed by atoms with E-state index in [4.69, 9.17) is 15.2 Å². The molecule has 1 heterocycles. The van der Waals surface area contributed by atoms with Gasteiger partial charge in [-0.25, -0.2) is 4.79 Å². The number of carbonyl (C=O) groups is 1. The Labute approximate surface area is 126 Å². The molecule has 2 rings (SSSR count). The summed E-state index contributed by atoms with van der Waals surface area (Å²) in [4.78, 5) is 14.3. The molecule has 0 bridgehead atoms. The molecule has 0 aromatic heterocycles. The Balaban J connectivity index is 2.51. The number of nitrogens with zero attached hydrogens (tertiary/aromatic N) is 1. The number of hydrogen-bond acceptors (Lipinski definition) is 5. The van der Waals surface area contributed by atoms with Crippen LogP contribution in [0.4, 0.5) is 11.4 Å². The fourth-order valence-electron chi connectivity index (χ4n) is 2.60. The number of nitrogen functional groups attached to an aromatic ring is 1. The van der Waals surface area contributed by atoms with Crippen molar-refractivity contribution in [2.75, 3.05) is 23.8 Å². The van der Waals surface area contributed by atoms with Gasteiger partial charge in [-0.3, -0.25) is 0 Å². The summed E-state index contributed by atoms with van der Waals surface area (Å²) < 4.78 is 11.2. The number of benzene rings is 1. The molecule has 1 aliphatic heterocycles. The maximum Gasteiger partial charge on any atom is 0.331 e. The van der Waals surface area contributed by atoms with Crippen molar-refractivity contribution in [1.82, 2.24) is 0 Å². The first-order valence-electron chi connectivity index (χ1n) is 7.21. The van der Waals surface area contributed by atoms with Crippen molar-refractivity contribution in [3.63, 3.8) is 0 Å². The van der Waals surface area contributed by atoms with Crippen LogP contribution in [0.3, 0.4) is 0 Å². The van der Waals surface area contributed by atoms with Gasteiger partial charge in [0, 0.05) is 0 Å². The zero-order valence-corrected chi connectivity index (χ0v) is 13.4. The van der Waals surface area contributed by atoms with Crippen molar-refractivity contribution in [3.05, 3.63) is 18.2 Å². The van der Waals surface area contributed by atoms with Crippen molar-refractivity contribution in [1.29, 1.82) is 0 Å². The first-order valence-corrected chi connectivity index (χ1v) is 7.21. The molecular formula is C16H24N2O3. The summed E-state index contributed by atoms with van der Waals surface area (Å²) in [6.07, 6.45) is 0. The number of anilines is 2. The van der Waals surface area contributed by atoms with Crippen molar-refractivity contribution in [2.45, 2.75) is 45.8 Å². The van der Waals surface area contributed by atoms with Crippen LogP contribution in [-0.4, -0.2) is 30.3 Å². The molecule has 1 aromatic carbocycles. The molecule has 0 spiro atoms. The Kier molecular flexibility index (Phi) is 3.78. The third-order valence-electron chi connectivity index (χ3n) is 3.68. The number of para-hydroxylation sites is 1. The average molecular weight is 292 g/mol. The van der Waals surface area contributed by atoms with E-state index in [9.17, 15) is 4.79 Å². The molecule has 0 saturated carbocycles. The Bertz CT molecular complexity index is 552. The van der Waals surface area contributed by atoms with Gasteiger partial charge in [0.15, 0.2) is 0 Å². The van der Waals surface area contributed by atoms with E-state index in [2.05, 4.69) is 0 Å². The lowest BCUT2D eigenvalue weighted by molar-refractivity contribution is -0.148. The second kappa shape index (κ2) is 5.13. The van der Waals surface area contributed by atoms with E-state index >= 15 is 0 Å².